The highest BCUT2D eigenvalue weighted by Gasteiger charge is 2.28. The van der Waals surface area contributed by atoms with E-state index < -0.39 is 12.5 Å². The molecule has 0 saturated carbocycles. The zero-order valence-corrected chi connectivity index (χ0v) is 12.0. The van der Waals surface area contributed by atoms with Gasteiger partial charge in [0, 0.05) is 13.0 Å². The molecule has 2 atom stereocenters. The molecule has 1 aliphatic rings. The number of hydrogen-bond acceptors (Lipinski definition) is 3. The molecule has 1 aromatic rings. The van der Waals surface area contributed by atoms with Crippen LogP contribution in [0, 0.1) is 0 Å². The van der Waals surface area contributed by atoms with Crippen LogP contribution < -0.4 is 0 Å². The second-order valence-corrected chi connectivity index (χ2v) is 5.05. The zero-order valence-electron chi connectivity index (χ0n) is 12.0. The largest absolute Gasteiger partial charge is 0.508 e. The van der Waals surface area contributed by atoms with Gasteiger partial charge < -0.3 is 9.84 Å². The molecule has 114 valence electrons. The predicted octanol–water partition coefficient (Wildman–Crippen LogP) is 3.93. The van der Waals surface area contributed by atoms with Crippen molar-refractivity contribution in [2.24, 2.45) is 0 Å². The normalized spacial score (nSPS) is 19.3. The van der Waals surface area contributed by atoms with Crippen LogP contribution in [0.15, 0.2) is 36.4 Å². The van der Waals surface area contributed by atoms with Crippen LogP contribution in [0.1, 0.15) is 37.8 Å². The predicted molar refractivity (Wildman–Crippen MR) is 77.6 cm³/mol. The third kappa shape index (κ3) is 3.97. The number of alkyl halides is 1. The number of aromatic hydroxyl groups is 1. The summed E-state index contributed by atoms with van der Waals surface area (Å²) in [7, 11) is 0. The Labute approximate surface area is 123 Å². The molecule has 1 aliphatic heterocycles. The van der Waals surface area contributed by atoms with Crippen molar-refractivity contribution < 1.29 is 19.0 Å². The third-order valence-corrected chi connectivity index (χ3v) is 3.44. The Morgan fingerprint density at radius 2 is 2.33 bits per heavy atom. The van der Waals surface area contributed by atoms with Crippen LogP contribution in [0.3, 0.4) is 0 Å². The van der Waals surface area contributed by atoms with Crippen molar-refractivity contribution in [1.29, 1.82) is 0 Å². The molecule has 0 aliphatic carbocycles. The molecule has 21 heavy (non-hydrogen) atoms. The molecule has 2 unspecified atom stereocenters. The molecular formula is C16H20FNO3. The van der Waals surface area contributed by atoms with Crippen molar-refractivity contribution in [2.75, 3.05) is 6.54 Å². The highest BCUT2D eigenvalue weighted by Crippen LogP contribution is 2.30. The summed E-state index contributed by atoms with van der Waals surface area (Å²) in [6.45, 7) is 2.21. The zero-order chi connectivity index (χ0) is 15.2. The van der Waals surface area contributed by atoms with E-state index in [9.17, 15) is 14.3 Å². The number of benzene rings is 1. The molecule has 0 spiro atoms. The number of halogens is 1. The van der Waals surface area contributed by atoms with Crippen LogP contribution in [0.5, 0.6) is 5.75 Å². The van der Waals surface area contributed by atoms with Gasteiger partial charge in [0.15, 0.2) is 0 Å². The minimum Gasteiger partial charge on any atom is -0.508 e. The average Bonchev–Trinajstić information content (AvgIpc) is 2.47. The molecular weight excluding hydrogens is 273 g/mol. The summed E-state index contributed by atoms with van der Waals surface area (Å²) in [4.78, 5) is 13.6. The maximum absolute atomic E-state index is 13.5. The Bertz CT molecular complexity index is 518. The number of nitrogens with zero attached hydrogens (tertiary/aromatic N) is 1. The number of ether oxygens (including phenoxy) is 1. The maximum Gasteiger partial charge on any atom is 0.413 e. The van der Waals surface area contributed by atoms with E-state index in [4.69, 9.17) is 4.74 Å². The van der Waals surface area contributed by atoms with Crippen LogP contribution in [-0.2, 0) is 4.74 Å². The smallest absolute Gasteiger partial charge is 0.413 e. The number of phenols is 1. The molecule has 1 N–H and O–H groups in total. The van der Waals surface area contributed by atoms with Crippen LogP contribution in [0.25, 0.3) is 0 Å². The van der Waals surface area contributed by atoms with Gasteiger partial charge in [0.05, 0.1) is 6.04 Å². The SMILES string of the molecule is CCCC(F)OC(=O)N1CC=CCC1c1cccc(O)c1. The van der Waals surface area contributed by atoms with E-state index in [2.05, 4.69) is 0 Å². The van der Waals surface area contributed by atoms with Gasteiger partial charge in [-0.2, -0.15) is 0 Å². The molecule has 1 heterocycles. The first-order chi connectivity index (χ1) is 10.1. The standard InChI is InChI=1S/C16H20FNO3/c1-2-6-15(17)21-16(20)18-10-4-3-9-14(18)12-7-5-8-13(19)11-12/h3-5,7-8,11,14-15,19H,2,6,9-10H2,1H3. The lowest BCUT2D eigenvalue weighted by Gasteiger charge is -2.32. The molecule has 1 amide bonds. The van der Waals surface area contributed by atoms with E-state index in [1.54, 1.807) is 18.2 Å². The van der Waals surface area contributed by atoms with E-state index in [0.29, 0.717) is 19.4 Å². The Morgan fingerprint density at radius 1 is 1.52 bits per heavy atom. The maximum atomic E-state index is 13.5. The molecule has 1 aromatic carbocycles. The van der Waals surface area contributed by atoms with Crippen molar-refractivity contribution in [3.8, 4) is 5.75 Å². The summed E-state index contributed by atoms with van der Waals surface area (Å²) >= 11 is 0. The number of carbonyl (C=O) groups is 1. The van der Waals surface area contributed by atoms with E-state index >= 15 is 0 Å². The number of phenolic OH excluding ortho intramolecular Hbond substituents is 1. The van der Waals surface area contributed by atoms with Gasteiger partial charge in [0.2, 0.25) is 6.36 Å². The first-order valence-electron chi connectivity index (χ1n) is 7.17. The van der Waals surface area contributed by atoms with Crippen LogP contribution in [0.4, 0.5) is 9.18 Å². The highest BCUT2D eigenvalue weighted by atomic mass is 19.1. The summed E-state index contributed by atoms with van der Waals surface area (Å²) in [5, 5.41) is 9.57. The van der Waals surface area contributed by atoms with Crippen LogP contribution >= 0.6 is 0 Å². The van der Waals surface area contributed by atoms with Gasteiger partial charge >= 0.3 is 6.09 Å². The number of carbonyl (C=O) groups excluding carboxylic acids is 1. The number of rotatable bonds is 4. The highest BCUT2D eigenvalue weighted by molar-refractivity contribution is 5.69. The fourth-order valence-corrected chi connectivity index (χ4v) is 2.38. The fraction of sp³-hybridized carbons (Fsp3) is 0.438. The lowest BCUT2D eigenvalue weighted by Crippen LogP contribution is -2.38. The lowest BCUT2D eigenvalue weighted by atomic mass is 9.99. The van der Waals surface area contributed by atoms with Gasteiger partial charge in [-0.25, -0.2) is 9.18 Å². The van der Waals surface area contributed by atoms with Crippen molar-refractivity contribution in [2.45, 2.75) is 38.6 Å². The van der Waals surface area contributed by atoms with Gasteiger partial charge in [-0.1, -0.05) is 31.2 Å². The number of hydrogen-bond donors (Lipinski definition) is 1. The Hall–Kier alpha value is -2.04. The van der Waals surface area contributed by atoms with Crippen molar-refractivity contribution in [3.05, 3.63) is 42.0 Å². The average molecular weight is 293 g/mol. The van der Waals surface area contributed by atoms with Crippen LogP contribution in [0.2, 0.25) is 0 Å². The van der Waals surface area contributed by atoms with Crippen molar-refractivity contribution in [3.63, 3.8) is 0 Å². The Morgan fingerprint density at radius 3 is 3.05 bits per heavy atom. The van der Waals surface area contributed by atoms with Gasteiger partial charge in [-0.3, -0.25) is 4.90 Å². The van der Waals surface area contributed by atoms with Crippen LogP contribution in [-0.4, -0.2) is 29.0 Å². The monoisotopic (exact) mass is 293 g/mol. The fourth-order valence-electron chi connectivity index (χ4n) is 2.38. The molecule has 0 fully saturated rings. The second-order valence-electron chi connectivity index (χ2n) is 5.05. The Balaban J connectivity index is 2.12. The van der Waals surface area contributed by atoms with Gasteiger partial charge in [0.25, 0.3) is 0 Å². The lowest BCUT2D eigenvalue weighted by molar-refractivity contribution is -0.0159. The molecule has 4 nitrogen and oxygen atoms in total. The summed E-state index contributed by atoms with van der Waals surface area (Å²) in [5.41, 5.74) is 0.808. The van der Waals surface area contributed by atoms with Crippen molar-refractivity contribution >= 4 is 6.09 Å². The third-order valence-electron chi connectivity index (χ3n) is 3.44. The van der Waals surface area contributed by atoms with E-state index in [0.717, 1.165) is 5.56 Å². The number of amides is 1. The molecule has 0 radical (unpaired) electrons. The van der Waals surface area contributed by atoms with Gasteiger partial charge in [-0.05, 0) is 30.5 Å². The van der Waals surface area contributed by atoms with Gasteiger partial charge in [-0.15, -0.1) is 0 Å². The molecule has 2 rings (SSSR count). The molecule has 5 heteroatoms. The minimum atomic E-state index is -1.57. The summed E-state index contributed by atoms with van der Waals surface area (Å²) in [6, 6.07) is 6.50. The summed E-state index contributed by atoms with van der Waals surface area (Å²) in [5.74, 6) is 0.143. The summed E-state index contributed by atoms with van der Waals surface area (Å²) < 4.78 is 18.3. The summed E-state index contributed by atoms with van der Waals surface area (Å²) in [6.07, 6.45) is 3.03. The van der Waals surface area contributed by atoms with E-state index in [-0.39, 0.29) is 18.2 Å². The topological polar surface area (TPSA) is 49.8 Å². The first-order valence-corrected chi connectivity index (χ1v) is 7.17. The molecule has 0 saturated heterocycles. The molecule has 0 aromatic heterocycles. The van der Waals surface area contributed by atoms with Gasteiger partial charge in [0.1, 0.15) is 5.75 Å². The molecule has 0 bridgehead atoms. The Kier molecular flexibility index (Phi) is 5.20. The van der Waals surface area contributed by atoms with E-state index in [1.165, 1.54) is 4.90 Å². The second kappa shape index (κ2) is 7.11. The quantitative estimate of drug-likeness (QED) is 0.856. The first kappa shape index (κ1) is 15.4. The van der Waals surface area contributed by atoms with Crippen molar-refractivity contribution in [1.82, 2.24) is 4.90 Å². The van der Waals surface area contributed by atoms with E-state index in [1.807, 2.05) is 25.1 Å². The minimum absolute atomic E-state index is 0.143.